The predicted octanol–water partition coefficient (Wildman–Crippen LogP) is 3.48. The number of nitrogens with zero attached hydrogens (tertiary/aromatic N) is 1. The molecule has 5 rings (SSSR count). The number of hydrogen-bond donors (Lipinski definition) is 4. The molecule has 2 aromatic rings. The van der Waals surface area contributed by atoms with Gasteiger partial charge in [-0.2, -0.15) is 0 Å². The second-order valence-electron chi connectivity index (χ2n) is 8.45. The van der Waals surface area contributed by atoms with Gasteiger partial charge < -0.3 is 15.6 Å². The molecule has 31 heavy (non-hydrogen) atoms. The smallest absolute Gasteiger partial charge is 0.254 e. The molecule has 2 fully saturated rings. The maximum Gasteiger partial charge on any atom is 0.254 e. The summed E-state index contributed by atoms with van der Waals surface area (Å²) in [5, 5.41) is 9.37. The molecular weight excluding hydrogens is 414 g/mol. The summed E-state index contributed by atoms with van der Waals surface area (Å²) in [4.78, 5) is 42.9. The highest BCUT2D eigenvalue weighted by molar-refractivity contribution is 7.17. The van der Waals surface area contributed by atoms with Gasteiger partial charge in [-0.15, -0.1) is 11.3 Å². The minimum absolute atomic E-state index is 0.0115. The Bertz CT molecular complexity index is 945. The summed E-state index contributed by atoms with van der Waals surface area (Å²) in [6.07, 6.45) is 12.0. The monoisotopic (exact) mass is 443 g/mol. The fraction of sp³-hybridized carbons (Fsp3) is 0.545. The highest BCUT2D eigenvalue weighted by Gasteiger charge is 2.33. The molecule has 9 heteroatoms. The number of aromatic nitrogens is 2. The summed E-state index contributed by atoms with van der Waals surface area (Å²) < 4.78 is 0. The van der Waals surface area contributed by atoms with Crippen molar-refractivity contribution in [1.29, 1.82) is 0 Å². The Kier molecular flexibility index (Phi) is 6.70. The van der Waals surface area contributed by atoms with Gasteiger partial charge in [0, 0.05) is 36.7 Å². The van der Waals surface area contributed by atoms with Crippen LogP contribution in [-0.4, -0.2) is 34.2 Å². The molecule has 2 heterocycles. The Hall–Kier alpha value is -2.68. The lowest BCUT2D eigenvalue weighted by Crippen LogP contribution is -2.27. The van der Waals surface area contributed by atoms with E-state index in [-0.39, 0.29) is 23.6 Å². The van der Waals surface area contributed by atoms with Crippen LogP contribution in [0.5, 0.6) is 0 Å². The number of carbonyl (C=O) groups is 3. The molecule has 0 bridgehead atoms. The van der Waals surface area contributed by atoms with Crippen LogP contribution in [0.4, 0.5) is 10.9 Å². The van der Waals surface area contributed by atoms with Crippen molar-refractivity contribution in [3.63, 3.8) is 0 Å². The second kappa shape index (κ2) is 9.64. The fourth-order valence-corrected chi connectivity index (χ4v) is 4.89. The molecule has 3 amide bonds. The van der Waals surface area contributed by atoms with E-state index < -0.39 is 0 Å². The minimum atomic E-state index is -0.120. The van der Waals surface area contributed by atoms with E-state index >= 15 is 0 Å². The number of amides is 3. The van der Waals surface area contributed by atoms with E-state index in [1.165, 1.54) is 36.6 Å². The molecule has 0 aliphatic heterocycles. The van der Waals surface area contributed by atoms with Crippen molar-refractivity contribution < 1.29 is 14.4 Å². The number of H-pyrrole nitrogens is 1. The SMILES string of the molecule is CC(=O)Nc1ncc[nH]1.O=C(NCC1CC1)c1c(NC(=O)C2CC2)sc2c1CCCC2. The van der Waals surface area contributed by atoms with Gasteiger partial charge in [0.15, 0.2) is 0 Å². The fourth-order valence-electron chi connectivity index (χ4n) is 3.60. The molecule has 2 saturated carbocycles. The Morgan fingerprint density at radius 3 is 2.55 bits per heavy atom. The number of nitrogens with one attached hydrogen (secondary N) is 4. The summed E-state index contributed by atoms with van der Waals surface area (Å²) in [6, 6.07) is 0. The summed E-state index contributed by atoms with van der Waals surface area (Å²) in [5.74, 6) is 1.31. The van der Waals surface area contributed by atoms with Crippen LogP contribution < -0.4 is 16.0 Å². The molecule has 0 atom stereocenters. The molecule has 0 aromatic carbocycles. The van der Waals surface area contributed by atoms with Gasteiger partial charge in [-0.1, -0.05) is 0 Å². The highest BCUT2D eigenvalue weighted by atomic mass is 32.1. The van der Waals surface area contributed by atoms with Gasteiger partial charge in [-0.3, -0.25) is 19.7 Å². The van der Waals surface area contributed by atoms with Gasteiger partial charge in [-0.05, 0) is 62.8 Å². The van der Waals surface area contributed by atoms with Crippen LogP contribution in [0.1, 0.15) is 66.2 Å². The Morgan fingerprint density at radius 1 is 1.13 bits per heavy atom. The zero-order valence-electron chi connectivity index (χ0n) is 17.8. The summed E-state index contributed by atoms with van der Waals surface area (Å²) >= 11 is 1.62. The zero-order chi connectivity index (χ0) is 21.8. The number of aromatic amines is 1. The van der Waals surface area contributed by atoms with Crippen molar-refractivity contribution in [2.45, 2.75) is 58.3 Å². The van der Waals surface area contributed by atoms with E-state index in [2.05, 4.69) is 25.9 Å². The molecule has 4 N–H and O–H groups in total. The molecule has 2 aromatic heterocycles. The Labute approximate surface area is 185 Å². The van der Waals surface area contributed by atoms with E-state index in [1.54, 1.807) is 23.7 Å². The normalized spacial score (nSPS) is 17.1. The van der Waals surface area contributed by atoms with Crippen LogP contribution in [0, 0.1) is 11.8 Å². The molecule has 8 nitrogen and oxygen atoms in total. The van der Waals surface area contributed by atoms with E-state index in [1.807, 2.05) is 0 Å². The standard InChI is InChI=1S/C17H22N2O2S.C5H7N3O/c20-15(11-7-8-11)19-17-14(16(21)18-9-10-5-6-10)12-3-1-2-4-13(12)22-17;1-4(9)8-5-6-2-3-7-5/h10-11H,1-9H2,(H,18,21)(H,19,20);2-3H,1H3,(H2,6,7,8,9). The van der Waals surface area contributed by atoms with Crippen LogP contribution >= 0.6 is 11.3 Å². The van der Waals surface area contributed by atoms with Gasteiger partial charge in [0.25, 0.3) is 5.91 Å². The van der Waals surface area contributed by atoms with Gasteiger partial charge in [0.1, 0.15) is 5.00 Å². The number of imidazole rings is 1. The van der Waals surface area contributed by atoms with Crippen molar-refractivity contribution in [2.24, 2.45) is 11.8 Å². The lowest BCUT2D eigenvalue weighted by atomic mass is 9.95. The van der Waals surface area contributed by atoms with Gasteiger partial charge in [0.05, 0.1) is 5.56 Å². The summed E-state index contributed by atoms with van der Waals surface area (Å²) in [5.41, 5.74) is 1.95. The van der Waals surface area contributed by atoms with Gasteiger partial charge >= 0.3 is 0 Å². The lowest BCUT2D eigenvalue weighted by molar-refractivity contribution is -0.117. The third-order valence-corrected chi connectivity index (χ3v) is 6.83. The Morgan fingerprint density at radius 2 is 1.90 bits per heavy atom. The molecule has 0 spiro atoms. The quantitative estimate of drug-likeness (QED) is 0.547. The van der Waals surface area contributed by atoms with Gasteiger partial charge in [0.2, 0.25) is 17.8 Å². The first-order valence-corrected chi connectivity index (χ1v) is 11.8. The third-order valence-electron chi connectivity index (χ3n) is 5.62. The summed E-state index contributed by atoms with van der Waals surface area (Å²) in [7, 11) is 0. The van der Waals surface area contributed by atoms with E-state index in [0.717, 1.165) is 49.2 Å². The largest absolute Gasteiger partial charge is 0.352 e. The van der Waals surface area contributed by atoms with Crippen molar-refractivity contribution in [3.8, 4) is 0 Å². The van der Waals surface area contributed by atoms with Crippen LogP contribution in [0.2, 0.25) is 0 Å². The number of fused-ring (bicyclic) bond motifs is 1. The van der Waals surface area contributed by atoms with Crippen LogP contribution in [0.25, 0.3) is 0 Å². The second-order valence-corrected chi connectivity index (χ2v) is 9.56. The third kappa shape index (κ3) is 5.94. The summed E-state index contributed by atoms with van der Waals surface area (Å²) in [6.45, 7) is 2.21. The van der Waals surface area contributed by atoms with Crippen LogP contribution in [0.15, 0.2) is 12.4 Å². The first-order valence-electron chi connectivity index (χ1n) is 11.0. The van der Waals surface area contributed by atoms with Crippen molar-refractivity contribution in [2.75, 3.05) is 17.2 Å². The maximum atomic E-state index is 12.6. The first kappa shape index (κ1) is 21.5. The maximum absolute atomic E-state index is 12.6. The first-order chi connectivity index (χ1) is 15.0. The average molecular weight is 444 g/mol. The molecule has 3 aliphatic carbocycles. The van der Waals surface area contributed by atoms with Crippen molar-refractivity contribution >= 4 is 40.0 Å². The van der Waals surface area contributed by atoms with Gasteiger partial charge in [-0.25, -0.2) is 4.98 Å². The molecule has 0 saturated heterocycles. The van der Waals surface area contributed by atoms with Crippen LogP contribution in [0.3, 0.4) is 0 Å². The number of hydrogen-bond acceptors (Lipinski definition) is 5. The molecular formula is C22H29N5O3S. The topological polar surface area (TPSA) is 116 Å². The van der Waals surface area contributed by atoms with E-state index in [0.29, 0.717) is 11.9 Å². The average Bonchev–Trinajstić information content (AvgIpc) is 3.67. The highest BCUT2D eigenvalue weighted by Crippen LogP contribution is 2.40. The van der Waals surface area contributed by atoms with Crippen molar-refractivity contribution in [3.05, 3.63) is 28.4 Å². The molecule has 166 valence electrons. The number of rotatable bonds is 6. The minimum Gasteiger partial charge on any atom is -0.352 e. The number of aryl methyl sites for hydroxylation is 1. The van der Waals surface area contributed by atoms with Crippen LogP contribution in [-0.2, 0) is 22.4 Å². The van der Waals surface area contributed by atoms with E-state index in [9.17, 15) is 14.4 Å². The number of carbonyl (C=O) groups excluding carboxylic acids is 3. The lowest BCUT2D eigenvalue weighted by Gasteiger charge is -2.13. The molecule has 0 radical (unpaired) electrons. The predicted molar refractivity (Wildman–Crippen MR) is 120 cm³/mol. The molecule has 0 unspecified atom stereocenters. The Balaban J connectivity index is 0.000000217. The number of thiophene rings is 1. The molecule has 3 aliphatic rings. The van der Waals surface area contributed by atoms with Crippen molar-refractivity contribution in [1.82, 2.24) is 15.3 Å². The zero-order valence-corrected chi connectivity index (χ0v) is 18.6. The number of anilines is 2. The van der Waals surface area contributed by atoms with E-state index in [4.69, 9.17) is 0 Å².